The average molecular weight is 522 g/mol. The minimum Gasteiger partial charge on any atom is -0.334 e. The van der Waals surface area contributed by atoms with Crippen molar-refractivity contribution < 1.29 is 14.0 Å². The Bertz CT molecular complexity index is 1270. The molecule has 1 aromatic carbocycles. The molecule has 1 aliphatic heterocycles. The van der Waals surface area contributed by atoms with Gasteiger partial charge in [-0.15, -0.1) is 0 Å². The van der Waals surface area contributed by atoms with Gasteiger partial charge in [0, 0.05) is 25.8 Å². The number of allylic oxidation sites excluding steroid dienone is 3. The van der Waals surface area contributed by atoms with E-state index in [2.05, 4.69) is 9.97 Å². The van der Waals surface area contributed by atoms with Gasteiger partial charge in [-0.05, 0) is 73.4 Å². The maximum atomic E-state index is 13.4. The number of piperazine rings is 1. The van der Waals surface area contributed by atoms with Crippen LogP contribution in [0.4, 0.5) is 4.39 Å². The number of carbonyl (C=O) groups excluding carboxylic acids is 2. The van der Waals surface area contributed by atoms with E-state index in [4.69, 9.17) is 16.2 Å². The number of carbonyl (C=O) groups is 2. The molecule has 1 aliphatic rings. The highest BCUT2D eigenvalue weighted by atomic mass is 19.1. The van der Waals surface area contributed by atoms with Crippen molar-refractivity contribution in [3.05, 3.63) is 71.6 Å². The number of rotatable bonds is 8. The van der Waals surface area contributed by atoms with Gasteiger partial charge in [-0.2, -0.15) is 0 Å². The lowest BCUT2D eigenvalue weighted by Gasteiger charge is -2.46. The van der Waals surface area contributed by atoms with Crippen LogP contribution in [0, 0.1) is 28.0 Å². The lowest BCUT2D eigenvalue weighted by Crippen LogP contribution is -2.62. The van der Waals surface area contributed by atoms with Crippen molar-refractivity contribution in [1.29, 1.82) is 16.2 Å². The quantitative estimate of drug-likeness (QED) is 0.378. The summed E-state index contributed by atoms with van der Waals surface area (Å²) < 4.78 is 13.3. The molecular formula is C28H36FN7O2. The van der Waals surface area contributed by atoms with E-state index in [1.165, 1.54) is 30.5 Å². The molecule has 202 valence electrons. The maximum Gasteiger partial charge on any atom is 0.272 e. The molecule has 0 atom stereocenters. The van der Waals surface area contributed by atoms with Gasteiger partial charge in [-0.25, -0.2) is 9.37 Å². The summed E-state index contributed by atoms with van der Waals surface area (Å²) in [5.41, 5.74) is 0.901. The van der Waals surface area contributed by atoms with Crippen molar-refractivity contribution in [3.63, 3.8) is 0 Å². The highest BCUT2D eigenvalue weighted by molar-refractivity contribution is 6.42. The van der Waals surface area contributed by atoms with Crippen molar-refractivity contribution >= 4 is 35.0 Å². The average Bonchev–Trinajstić information content (AvgIpc) is 3.34. The molecule has 9 nitrogen and oxygen atoms in total. The van der Waals surface area contributed by atoms with Crippen LogP contribution in [-0.2, 0) is 4.79 Å². The SMILES string of the molecule is C.CC(C)/C(=C/C(=N)c1ccc(F)cc1)c1ncc(C(=O)N2CCN(C(=O)C(=N)/C=C\C=N)CC2(C)C)[nH]1. The molecule has 4 N–H and O–H groups in total. The highest BCUT2D eigenvalue weighted by Crippen LogP contribution is 2.26. The van der Waals surface area contributed by atoms with Crippen LogP contribution >= 0.6 is 0 Å². The molecule has 0 saturated carbocycles. The minimum atomic E-state index is -0.691. The van der Waals surface area contributed by atoms with Gasteiger partial charge < -0.3 is 25.6 Å². The maximum absolute atomic E-state index is 13.4. The number of hydrogen-bond donors (Lipinski definition) is 4. The van der Waals surface area contributed by atoms with E-state index >= 15 is 0 Å². The first-order valence-electron chi connectivity index (χ1n) is 11.9. The van der Waals surface area contributed by atoms with Crippen LogP contribution in [-0.4, -0.2) is 74.4 Å². The van der Waals surface area contributed by atoms with E-state index in [-0.39, 0.29) is 56.1 Å². The molecule has 38 heavy (non-hydrogen) atoms. The fourth-order valence-electron chi connectivity index (χ4n) is 4.19. The summed E-state index contributed by atoms with van der Waals surface area (Å²) in [6, 6.07) is 5.70. The first-order chi connectivity index (χ1) is 17.4. The Morgan fingerprint density at radius 2 is 1.82 bits per heavy atom. The van der Waals surface area contributed by atoms with E-state index in [0.717, 1.165) is 11.8 Å². The summed E-state index contributed by atoms with van der Waals surface area (Å²) in [7, 11) is 0. The summed E-state index contributed by atoms with van der Waals surface area (Å²) in [5.74, 6) is -0.602. The molecule has 0 radical (unpaired) electrons. The third-order valence-electron chi connectivity index (χ3n) is 6.18. The summed E-state index contributed by atoms with van der Waals surface area (Å²) >= 11 is 0. The van der Waals surface area contributed by atoms with Crippen LogP contribution in [0.5, 0.6) is 0 Å². The largest absolute Gasteiger partial charge is 0.334 e. The zero-order chi connectivity index (χ0) is 27.3. The molecule has 1 saturated heterocycles. The molecule has 0 unspecified atom stereocenters. The number of amides is 2. The number of aromatic amines is 1. The number of nitrogens with zero attached hydrogens (tertiary/aromatic N) is 3. The number of imidazole rings is 1. The smallest absolute Gasteiger partial charge is 0.272 e. The molecule has 10 heteroatoms. The first kappa shape index (κ1) is 30.0. The summed E-state index contributed by atoms with van der Waals surface area (Å²) in [4.78, 5) is 36.8. The monoisotopic (exact) mass is 521 g/mol. The standard InChI is InChI=1S/C27H32FN7O2.CH4/c1-17(2)20(14-22(31)18-7-9-19(28)10-8-18)24-32-15-23(33-24)26(37)35-13-12-34(16-27(35,3)4)25(36)21(30)6-5-11-29;/h5-11,14-15,17,29-31H,12-13,16H2,1-4H3,(H,32,33);1H4/b6-5-,20-14-,29-11?,30-21?,31-22?;. The molecule has 3 rings (SSSR count). The predicted molar refractivity (Wildman–Crippen MR) is 149 cm³/mol. The number of aromatic nitrogens is 2. The lowest BCUT2D eigenvalue weighted by atomic mass is 9.97. The topological polar surface area (TPSA) is 141 Å². The number of benzene rings is 1. The van der Waals surface area contributed by atoms with Crippen molar-refractivity contribution in [2.45, 2.75) is 40.7 Å². The van der Waals surface area contributed by atoms with Gasteiger partial charge in [0.05, 0.1) is 17.4 Å². The molecule has 2 aromatic rings. The summed E-state index contributed by atoms with van der Waals surface area (Å²) in [6.45, 7) is 8.47. The van der Waals surface area contributed by atoms with Crippen molar-refractivity contribution in [2.75, 3.05) is 19.6 Å². The third kappa shape index (κ3) is 6.76. The Morgan fingerprint density at radius 1 is 1.16 bits per heavy atom. The first-order valence-corrected chi connectivity index (χ1v) is 11.9. The molecule has 1 fully saturated rings. The molecule has 0 spiro atoms. The Hall–Kier alpha value is -4.21. The Labute approximate surface area is 223 Å². The van der Waals surface area contributed by atoms with Gasteiger partial charge in [0.1, 0.15) is 23.0 Å². The van der Waals surface area contributed by atoms with E-state index in [9.17, 15) is 14.0 Å². The second-order valence-corrected chi connectivity index (χ2v) is 9.76. The lowest BCUT2D eigenvalue weighted by molar-refractivity contribution is -0.128. The normalized spacial score (nSPS) is 15.4. The number of nitrogens with one attached hydrogen (secondary N) is 4. The second-order valence-electron chi connectivity index (χ2n) is 9.76. The summed E-state index contributed by atoms with van der Waals surface area (Å²) in [6.07, 6.45) is 6.75. The minimum absolute atomic E-state index is 0. The van der Waals surface area contributed by atoms with Crippen LogP contribution in [0.2, 0.25) is 0 Å². The number of H-pyrrole nitrogens is 1. The fourth-order valence-corrected chi connectivity index (χ4v) is 4.19. The zero-order valence-corrected chi connectivity index (χ0v) is 21.4. The third-order valence-corrected chi connectivity index (χ3v) is 6.18. The van der Waals surface area contributed by atoms with E-state index in [0.29, 0.717) is 17.1 Å². The van der Waals surface area contributed by atoms with Crippen LogP contribution in [0.15, 0.2) is 48.7 Å². The molecule has 0 bridgehead atoms. The van der Waals surface area contributed by atoms with Crippen LogP contribution in [0.1, 0.15) is 57.0 Å². The van der Waals surface area contributed by atoms with Crippen LogP contribution in [0.25, 0.3) is 5.57 Å². The van der Waals surface area contributed by atoms with E-state index < -0.39 is 11.4 Å². The highest BCUT2D eigenvalue weighted by Gasteiger charge is 2.39. The van der Waals surface area contributed by atoms with Crippen LogP contribution < -0.4 is 0 Å². The Balaban J connectivity index is 0.00000507. The molecular weight excluding hydrogens is 485 g/mol. The van der Waals surface area contributed by atoms with Crippen molar-refractivity contribution in [3.8, 4) is 0 Å². The second kappa shape index (κ2) is 12.4. The van der Waals surface area contributed by atoms with Crippen molar-refractivity contribution in [2.24, 2.45) is 5.92 Å². The summed E-state index contributed by atoms with van der Waals surface area (Å²) in [5, 5.41) is 23.3. The van der Waals surface area contributed by atoms with Crippen LogP contribution in [0.3, 0.4) is 0 Å². The fraction of sp³-hybridized carbons (Fsp3) is 0.357. The van der Waals surface area contributed by atoms with E-state index in [1.54, 1.807) is 28.0 Å². The molecule has 0 aliphatic carbocycles. The van der Waals surface area contributed by atoms with Gasteiger partial charge in [0.2, 0.25) is 0 Å². The zero-order valence-electron chi connectivity index (χ0n) is 21.4. The Kier molecular flexibility index (Phi) is 9.76. The van der Waals surface area contributed by atoms with E-state index in [1.807, 2.05) is 27.7 Å². The van der Waals surface area contributed by atoms with Gasteiger partial charge in [-0.1, -0.05) is 21.3 Å². The number of hydrogen-bond acceptors (Lipinski definition) is 6. The molecule has 2 amide bonds. The number of halogens is 1. The van der Waals surface area contributed by atoms with Gasteiger partial charge in [-0.3, -0.25) is 15.0 Å². The van der Waals surface area contributed by atoms with Gasteiger partial charge in [0.25, 0.3) is 11.8 Å². The molecule has 1 aromatic heterocycles. The van der Waals surface area contributed by atoms with Gasteiger partial charge in [0.15, 0.2) is 0 Å². The Morgan fingerprint density at radius 3 is 2.39 bits per heavy atom. The van der Waals surface area contributed by atoms with Crippen molar-refractivity contribution in [1.82, 2.24) is 19.8 Å². The molecule has 2 heterocycles. The van der Waals surface area contributed by atoms with Gasteiger partial charge >= 0.3 is 0 Å². The predicted octanol–water partition coefficient (Wildman–Crippen LogP) is 4.58.